The van der Waals surface area contributed by atoms with Gasteiger partial charge in [-0.05, 0) is 0 Å². The van der Waals surface area contributed by atoms with Crippen molar-refractivity contribution in [1.29, 1.82) is 0 Å². The van der Waals surface area contributed by atoms with Gasteiger partial charge in [-0.15, -0.1) is 0 Å². The van der Waals surface area contributed by atoms with Crippen molar-refractivity contribution in [3.63, 3.8) is 0 Å². The van der Waals surface area contributed by atoms with Gasteiger partial charge < -0.3 is 0 Å². The van der Waals surface area contributed by atoms with Gasteiger partial charge in [0.15, 0.2) is 0 Å². The van der Waals surface area contributed by atoms with Crippen LogP contribution in [-0.2, 0) is 9.53 Å². The first-order valence-corrected chi connectivity index (χ1v) is 9.04. The van der Waals surface area contributed by atoms with Crippen LogP contribution in [0.15, 0.2) is 66.2 Å². The van der Waals surface area contributed by atoms with E-state index in [1.807, 2.05) is 31.2 Å². The van der Waals surface area contributed by atoms with E-state index in [9.17, 15) is 4.79 Å². The predicted octanol–water partition coefficient (Wildman–Crippen LogP) is 3.47. The Bertz CT molecular complexity index is 648. The third-order valence-electron chi connectivity index (χ3n) is 3.44. The first-order valence-electron chi connectivity index (χ1n) is 7.19. The van der Waals surface area contributed by atoms with Crippen LogP contribution >= 0.6 is 0 Å². The van der Waals surface area contributed by atoms with E-state index in [1.54, 1.807) is 0 Å². The maximum atomic E-state index is 12.0. The molecule has 0 fully saturated rings. The molecule has 1 unspecified atom stereocenters. The first kappa shape index (κ1) is 16.5. The van der Waals surface area contributed by atoms with E-state index in [4.69, 9.17) is 4.74 Å². The van der Waals surface area contributed by atoms with Crippen LogP contribution in [0.1, 0.15) is 19.4 Å². The Kier molecular flexibility index (Phi) is 6.00. The van der Waals surface area contributed by atoms with Crippen LogP contribution in [0.4, 0.5) is 0 Å². The van der Waals surface area contributed by atoms with E-state index < -0.39 is 0 Å². The van der Waals surface area contributed by atoms with Crippen molar-refractivity contribution in [1.82, 2.24) is 0 Å². The summed E-state index contributed by atoms with van der Waals surface area (Å²) < 4.78 is 6.25. The second kappa shape index (κ2) is 7.98. The SMILES string of the molecule is COC(=O)/C(C)=C(/c1ccccc1)C(C)[Se]c1ccccc1. The van der Waals surface area contributed by atoms with Gasteiger partial charge in [0.2, 0.25) is 0 Å². The molecule has 0 aliphatic rings. The fourth-order valence-corrected chi connectivity index (χ4v) is 4.82. The van der Waals surface area contributed by atoms with Crippen LogP contribution < -0.4 is 4.46 Å². The average Bonchev–Trinajstić information content (AvgIpc) is 2.56. The molecular weight excluding hydrogens is 339 g/mol. The Hall–Kier alpha value is -1.83. The molecule has 2 nitrogen and oxygen atoms in total. The van der Waals surface area contributed by atoms with Crippen molar-refractivity contribution < 1.29 is 9.53 Å². The Morgan fingerprint density at radius 2 is 1.55 bits per heavy atom. The van der Waals surface area contributed by atoms with Crippen molar-refractivity contribution in [2.45, 2.75) is 18.7 Å². The number of rotatable bonds is 5. The fraction of sp³-hybridized carbons (Fsp3) is 0.211. The predicted molar refractivity (Wildman–Crippen MR) is 92.3 cm³/mol. The number of methoxy groups -OCH3 is 1. The Morgan fingerprint density at radius 3 is 2.09 bits per heavy atom. The van der Waals surface area contributed by atoms with E-state index in [0.29, 0.717) is 5.57 Å². The molecule has 0 amide bonds. The second-order valence-corrected chi connectivity index (χ2v) is 7.94. The molecule has 1 atom stereocenters. The van der Waals surface area contributed by atoms with E-state index in [-0.39, 0.29) is 25.7 Å². The van der Waals surface area contributed by atoms with Crippen LogP contribution in [0.25, 0.3) is 5.57 Å². The van der Waals surface area contributed by atoms with Gasteiger partial charge >= 0.3 is 138 Å². The molecule has 114 valence electrons. The summed E-state index contributed by atoms with van der Waals surface area (Å²) in [7, 11) is 1.43. The van der Waals surface area contributed by atoms with E-state index >= 15 is 0 Å². The molecule has 0 aliphatic heterocycles. The Morgan fingerprint density at radius 1 is 1.00 bits per heavy atom. The van der Waals surface area contributed by atoms with Gasteiger partial charge in [0, 0.05) is 0 Å². The van der Waals surface area contributed by atoms with Crippen LogP contribution in [0, 0.1) is 0 Å². The molecule has 0 saturated carbocycles. The third-order valence-corrected chi connectivity index (χ3v) is 5.82. The number of carbonyl (C=O) groups excluding carboxylic acids is 1. The summed E-state index contributed by atoms with van der Waals surface area (Å²) in [5, 5.41) is 0. The molecule has 22 heavy (non-hydrogen) atoms. The van der Waals surface area contributed by atoms with Gasteiger partial charge in [0.25, 0.3) is 0 Å². The molecule has 0 N–H and O–H groups in total. The molecule has 0 aliphatic carbocycles. The molecule has 3 heteroatoms. The van der Waals surface area contributed by atoms with Gasteiger partial charge in [0.05, 0.1) is 0 Å². The normalized spacial score (nSPS) is 13.2. The zero-order chi connectivity index (χ0) is 15.9. The molecule has 0 bridgehead atoms. The standard InChI is InChI=1S/C19H20O2Se/c1-14(19(20)21-3)18(16-10-6-4-7-11-16)15(2)22-17-12-8-5-9-13-17/h4-13,15H,1-3H3/b18-14+. The quantitative estimate of drug-likeness (QED) is 0.464. The molecule has 2 aromatic rings. The van der Waals surface area contributed by atoms with Crippen molar-refractivity contribution in [3.8, 4) is 0 Å². The van der Waals surface area contributed by atoms with Gasteiger partial charge in [-0.2, -0.15) is 0 Å². The molecule has 0 radical (unpaired) electrons. The minimum atomic E-state index is -0.255. The minimum absolute atomic E-state index is 0.252. The second-order valence-electron chi connectivity index (χ2n) is 4.97. The van der Waals surface area contributed by atoms with Crippen LogP contribution in [0.5, 0.6) is 0 Å². The molecule has 0 saturated heterocycles. The summed E-state index contributed by atoms with van der Waals surface area (Å²) in [6.07, 6.45) is 0. The summed E-state index contributed by atoms with van der Waals surface area (Å²) in [5.74, 6) is -0.255. The van der Waals surface area contributed by atoms with Gasteiger partial charge in [-0.3, -0.25) is 0 Å². The first-order chi connectivity index (χ1) is 10.6. The van der Waals surface area contributed by atoms with Crippen molar-refractivity contribution in [3.05, 3.63) is 71.8 Å². The molecule has 0 heterocycles. The van der Waals surface area contributed by atoms with Crippen molar-refractivity contribution in [2.24, 2.45) is 0 Å². The molecule has 2 rings (SSSR count). The zero-order valence-corrected chi connectivity index (χ0v) is 14.8. The zero-order valence-electron chi connectivity index (χ0n) is 13.1. The number of hydrogen-bond acceptors (Lipinski definition) is 2. The summed E-state index contributed by atoms with van der Waals surface area (Å²) in [4.78, 5) is 12.3. The van der Waals surface area contributed by atoms with Crippen LogP contribution in [0.2, 0.25) is 4.82 Å². The number of allylic oxidation sites excluding steroid dienone is 1. The third kappa shape index (κ3) is 4.09. The van der Waals surface area contributed by atoms with E-state index in [1.165, 1.54) is 11.6 Å². The summed E-state index contributed by atoms with van der Waals surface area (Å²) >= 11 is 0.252. The number of carbonyl (C=O) groups is 1. The molecule has 2 aromatic carbocycles. The van der Waals surface area contributed by atoms with Gasteiger partial charge in [-0.25, -0.2) is 0 Å². The van der Waals surface area contributed by atoms with Crippen molar-refractivity contribution in [2.75, 3.05) is 7.11 Å². The topological polar surface area (TPSA) is 26.3 Å². The summed E-state index contributed by atoms with van der Waals surface area (Å²) in [6.45, 7) is 4.04. The maximum absolute atomic E-state index is 12.0. The number of ether oxygens (including phenoxy) is 1. The average molecular weight is 359 g/mol. The fourth-order valence-electron chi connectivity index (χ4n) is 2.40. The Balaban J connectivity index is 2.39. The number of esters is 1. The monoisotopic (exact) mass is 360 g/mol. The summed E-state index contributed by atoms with van der Waals surface area (Å²) in [6, 6.07) is 20.5. The molecule has 0 spiro atoms. The number of hydrogen-bond donors (Lipinski definition) is 0. The van der Waals surface area contributed by atoms with E-state index in [2.05, 4.69) is 43.3 Å². The van der Waals surface area contributed by atoms with Crippen molar-refractivity contribution >= 4 is 31.0 Å². The number of benzene rings is 2. The Labute approximate surface area is 138 Å². The van der Waals surface area contributed by atoms with Gasteiger partial charge in [-0.1, -0.05) is 0 Å². The molecular formula is C19H20O2Se. The summed E-state index contributed by atoms with van der Waals surface area (Å²) in [5.41, 5.74) is 2.87. The van der Waals surface area contributed by atoms with Crippen LogP contribution in [-0.4, -0.2) is 28.0 Å². The van der Waals surface area contributed by atoms with E-state index in [0.717, 1.165) is 11.1 Å². The van der Waals surface area contributed by atoms with Crippen LogP contribution in [0.3, 0.4) is 0 Å². The van der Waals surface area contributed by atoms with Gasteiger partial charge in [0.1, 0.15) is 0 Å². The molecule has 0 aromatic heterocycles.